The van der Waals surface area contributed by atoms with Crippen molar-refractivity contribution in [2.45, 2.75) is 18.4 Å². The summed E-state index contributed by atoms with van der Waals surface area (Å²) in [7, 11) is 2.27. The minimum absolute atomic E-state index is 0.582. The van der Waals surface area contributed by atoms with Gasteiger partial charge in [0.15, 0.2) is 11.5 Å². The average Bonchev–Trinajstić information content (AvgIpc) is 3.27. The summed E-state index contributed by atoms with van der Waals surface area (Å²) in [6, 6.07) is 11.6. The molecule has 0 radical (unpaired) electrons. The molecule has 2 aliphatic heterocycles. The summed E-state index contributed by atoms with van der Waals surface area (Å²) in [5.41, 5.74) is 3.15. The van der Waals surface area contributed by atoms with E-state index in [1.807, 2.05) is 0 Å². The Balaban J connectivity index is 1.48. The minimum Gasteiger partial charge on any atom is -0.354 e. The van der Waals surface area contributed by atoms with E-state index in [1.165, 1.54) is 12.0 Å². The first-order valence-electron chi connectivity index (χ1n) is 8.95. The van der Waals surface area contributed by atoms with Gasteiger partial charge in [0.05, 0.1) is 6.33 Å². The van der Waals surface area contributed by atoms with E-state index in [-0.39, 0.29) is 0 Å². The number of hydrogen-bond acceptors (Lipinski definition) is 5. The summed E-state index contributed by atoms with van der Waals surface area (Å²) in [5, 5.41) is 0. The smallest absolute Gasteiger partial charge is 0.182 e. The quantitative estimate of drug-likeness (QED) is 0.779. The van der Waals surface area contributed by atoms with Crippen LogP contribution in [-0.4, -0.2) is 57.6 Å². The molecular weight excluding hydrogens is 312 g/mol. The van der Waals surface area contributed by atoms with Crippen molar-refractivity contribution in [3.05, 3.63) is 48.5 Å². The third-order valence-corrected chi connectivity index (χ3v) is 5.92. The number of aromatic amines is 1. The average molecular weight is 334 g/mol. The molecule has 5 rings (SSSR count). The zero-order valence-corrected chi connectivity index (χ0v) is 14.3. The van der Waals surface area contributed by atoms with Crippen molar-refractivity contribution in [1.82, 2.24) is 24.8 Å². The number of anilines is 1. The van der Waals surface area contributed by atoms with E-state index in [0.717, 1.165) is 36.6 Å². The maximum Gasteiger partial charge on any atom is 0.182 e. The van der Waals surface area contributed by atoms with Gasteiger partial charge in [-0.25, -0.2) is 15.0 Å². The van der Waals surface area contributed by atoms with E-state index in [0.29, 0.717) is 17.9 Å². The largest absolute Gasteiger partial charge is 0.354 e. The van der Waals surface area contributed by atoms with Crippen LogP contribution in [-0.2, 0) is 0 Å². The van der Waals surface area contributed by atoms with Gasteiger partial charge in [0.2, 0.25) is 0 Å². The molecule has 25 heavy (non-hydrogen) atoms. The van der Waals surface area contributed by atoms with Gasteiger partial charge in [-0.1, -0.05) is 30.3 Å². The third kappa shape index (κ3) is 2.40. The summed E-state index contributed by atoms with van der Waals surface area (Å²) < 4.78 is 0. The number of rotatable bonds is 2. The SMILES string of the molecule is CN1C[C@H](c2ccccc2)C2CN(c3ncnc4nc[nH]c34)CCC21. The van der Waals surface area contributed by atoms with Crippen molar-refractivity contribution in [3.63, 3.8) is 0 Å². The number of likely N-dealkylation sites (tertiary alicyclic amines) is 1. The molecule has 0 aliphatic carbocycles. The molecule has 0 spiro atoms. The van der Waals surface area contributed by atoms with E-state index in [9.17, 15) is 0 Å². The highest BCUT2D eigenvalue weighted by Gasteiger charge is 2.44. The predicted molar refractivity (Wildman–Crippen MR) is 97.6 cm³/mol. The number of hydrogen-bond donors (Lipinski definition) is 1. The van der Waals surface area contributed by atoms with Crippen LogP contribution in [0.3, 0.4) is 0 Å². The molecule has 2 fully saturated rings. The molecule has 0 saturated carbocycles. The van der Waals surface area contributed by atoms with E-state index in [2.05, 4.69) is 67.1 Å². The Kier molecular flexibility index (Phi) is 3.45. The van der Waals surface area contributed by atoms with E-state index < -0.39 is 0 Å². The molecule has 3 aromatic rings. The van der Waals surface area contributed by atoms with Gasteiger partial charge in [-0.2, -0.15) is 0 Å². The first kappa shape index (κ1) is 14.8. The lowest BCUT2D eigenvalue weighted by Crippen LogP contribution is -2.46. The Labute approximate surface area is 146 Å². The van der Waals surface area contributed by atoms with Crippen molar-refractivity contribution < 1.29 is 0 Å². The Morgan fingerprint density at radius 2 is 1.96 bits per heavy atom. The second kappa shape index (κ2) is 5.81. The number of H-pyrrole nitrogens is 1. The zero-order valence-electron chi connectivity index (χ0n) is 14.3. The highest BCUT2D eigenvalue weighted by molar-refractivity contribution is 5.82. The second-order valence-electron chi connectivity index (χ2n) is 7.22. The number of imidazole rings is 1. The molecule has 1 aromatic carbocycles. The molecule has 2 aromatic heterocycles. The Morgan fingerprint density at radius 3 is 2.84 bits per heavy atom. The van der Waals surface area contributed by atoms with Crippen molar-refractivity contribution in [2.75, 3.05) is 31.6 Å². The highest BCUT2D eigenvalue weighted by atomic mass is 15.3. The maximum atomic E-state index is 4.56. The fourth-order valence-electron chi connectivity index (χ4n) is 4.73. The van der Waals surface area contributed by atoms with Crippen LogP contribution in [0.4, 0.5) is 5.82 Å². The lowest BCUT2D eigenvalue weighted by Gasteiger charge is -2.39. The van der Waals surface area contributed by atoms with Gasteiger partial charge in [0.1, 0.15) is 11.8 Å². The second-order valence-corrected chi connectivity index (χ2v) is 7.22. The van der Waals surface area contributed by atoms with Crippen LogP contribution >= 0.6 is 0 Å². The lowest BCUT2D eigenvalue weighted by molar-refractivity contribution is 0.237. The van der Waals surface area contributed by atoms with Gasteiger partial charge in [-0.3, -0.25) is 0 Å². The van der Waals surface area contributed by atoms with Gasteiger partial charge in [0.25, 0.3) is 0 Å². The molecule has 0 bridgehead atoms. The molecular formula is C19H22N6. The molecule has 2 unspecified atom stereocenters. The van der Waals surface area contributed by atoms with Crippen LogP contribution in [0.25, 0.3) is 11.2 Å². The molecule has 6 heteroatoms. The Hall–Kier alpha value is -2.47. The van der Waals surface area contributed by atoms with Gasteiger partial charge in [-0.05, 0) is 19.0 Å². The topological polar surface area (TPSA) is 60.9 Å². The number of fused-ring (bicyclic) bond motifs is 2. The van der Waals surface area contributed by atoms with Crippen LogP contribution in [0.1, 0.15) is 17.9 Å². The number of nitrogens with one attached hydrogen (secondary N) is 1. The molecule has 3 atom stereocenters. The Bertz CT molecular complexity index is 876. The minimum atomic E-state index is 0.582. The van der Waals surface area contributed by atoms with Crippen LogP contribution in [0.2, 0.25) is 0 Å². The maximum absolute atomic E-state index is 4.56. The molecule has 1 N–H and O–H groups in total. The third-order valence-electron chi connectivity index (χ3n) is 5.92. The lowest BCUT2D eigenvalue weighted by atomic mass is 9.82. The van der Waals surface area contributed by atoms with Crippen LogP contribution in [0, 0.1) is 5.92 Å². The number of aromatic nitrogens is 4. The molecule has 2 aliphatic rings. The van der Waals surface area contributed by atoms with Crippen molar-refractivity contribution >= 4 is 17.0 Å². The number of benzene rings is 1. The predicted octanol–water partition coefficient (Wildman–Crippen LogP) is 2.28. The molecule has 4 heterocycles. The fraction of sp³-hybridized carbons (Fsp3) is 0.421. The number of nitrogens with zero attached hydrogens (tertiary/aromatic N) is 5. The van der Waals surface area contributed by atoms with Crippen molar-refractivity contribution in [3.8, 4) is 0 Å². The van der Waals surface area contributed by atoms with Gasteiger partial charge >= 0.3 is 0 Å². The summed E-state index contributed by atoms with van der Waals surface area (Å²) in [5.74, 6) is 2.19. The summed E-state index contributed by atoms with van der Waals surface area (Å²) in [6.45, 7) is 3.19. The zero-order chi connectivity index (χ0) is 16.8. The fourth-order valence-corrected chi connectivity index (χ4v) is 4.73. The van der Waals surface area contributed by atoms with Crippen molar-refractivity contribution in [1.29, 1.82) is 0 Å². The van der Waals surface area contributed by atoms with Crippen molar-refractivity contribution in [2.24, 2.45) is 5.92 Å². The van der Waals surface area contributed by atoms with Crippen LogP contribution in [0.5, 0.6) is 0 Å². The first-order chi connectivity index (χ1) is 12.3. The van der Waals surface area contributed by atoms with Crippen LogP contribution in [0.15, 0.2) is 43.0 Å². The Morgan fingerprint density at radius 1 is 1.08 bits per heavy atom. The molecule has 0 amide bonds. The van der Waals surface area contributed by atoms with Gasteiger partial charge < -0.3 is 14.8 Å². The number of likely N-dealkylation sites (N-methyl/N-ethyl adjacent to an activating group) is 1. The van der Waals surface area contributed by atoms with E-state index in [4.69, 9.17) is 0 Å². The summed E-state index contributed by atoms with van der Waals surface area (Å²) in [6.07, 6.45) is 4.50. The molecule has 6 nitrogen and oxygen atoms in total. The summed E-state index contributed by atoms with van der Waals surface area (Å²) in [4.78, 5) is 21.3. The van der Waals surface area contributed by atoms with E-state index >= 15 is 0 Å². The monoisotopic (exact) mass is 334 g/mol. The first-order valence-corrected chi connectivity index (χ1v) is 8.95. The van der Waals surface area contributed by atoms with Gasteiger partial charge in [0, 0.05) is 37.5 Å². The summed E-state index contributed by atoms with van der Waals surface area (Å²) >= 11 is 0. The number of piperidine rings is 1. The highest BCUT2D eigenvalue weighted by Crippen LogP contribution is 2.41. The molecule has 128 valence electrons. The van der Waals surface area contributed by atoms with Crippen LogP contribution < -0.4 is 4.90 Å². The normalized spacial score (nSPS) is 26.9. The van der Waals surface area contributed by atoms with Gasteiger partial charge in [-0.15, -0.1) is 0 Å². The van der Waals surface area contributed by atoms with E-state index in [1.54, 1.807) is 12.7 Å². The standard InChI is InChI=1S/C19H22N6/c1-24-9-14(13-5-3-2-4-6-13)15-10-25(8-7-16(15)24)19-17-18(21-11-20-17)22-12-23-19/h2-6,11-12,14-16H,7-10H2,1H3,(H,20,21,22,23)/t14-,15?,16?/m1/s1. The molecule has 2 saturated heterocycles.